The first kappa shape index (κ1) is 11.8. The summed E-state index contributed by atoms with van der Waals surface area (Å²) in [4.78, 5) is 15.5. The quantitative estimate of drug-likeness (QED) is 0.602. The van der Waals surface area contributed by atoms with Crippen molar-refractivity contribution >= 4 is 56.6 Å². The fourth-order valence-corrected chi connectivity index (χ4v) is 2.81. The Labute approximate surface area is 117 Å². The Morgan fingerprint density at radius 2 is 1.78 bits per heavy atom. The molecule has 3 aromatic rings. The number of hydrogen-bond donors (Lipinski definition) is 1. The average molecular weight is 299 g/mol. The van der Waals surface area contributed by atoms with Crippen molar-refractivity contribution in [1.29, 1.82) is 0 Å². The van der Waals surface area contributed by atoms with Crippen LogP contribution in [0.15, 0.2) is 35.1 Å². The normalized spacial score (nSPS) is 11.3. The maximum atomic E-state index is 12.4. The van der Waals surface area contributed by atoms with Gasteiger partial charge in [-0.25, -0.2) is 0 Å². The number of hydrogen-bond acceptors (Lipinski definition) is 1. The molecule has 0 saturated carbocycles. The molecule has 2 nitrogen and oxygen atoms in total. The number of nitrogens with one attached hydrogen (secondary N) is 1. The van der Waals surface area contributed by atoms with Gasteiger partial charge in [-0.1, -0.05) is 40.9 Å². The average Bonchev–Trinajstić information content (AvgIpc) is 2.31. The lowest BCUT2D eigenvalue weighted by molar-refractivity contribution is 1.48. The number of fused-ring (bicyclic) bond motifs is 2. The van der Waals surface area contributed by atoms with Crippen molar-refractivity contribution in [2.24, 2.45) is 0 Å². The molecular formula is C13H6Cl3NO. The van der Waals surface area contributed by atoms with Crippen LogP contribution in [0.1, 0.15) is 0 Å². The molecule has 2 aromatic carbocycles. The number of halogens is 3. The predicted octanol–water partition coefficient (Wildman–Crippen LogP) is 4.64. The third-order valence-electron chi connectivity index (χ3n) is 2.80. The van der Waals surface area contributed by atoms with Crippen LogP contribution >= 0.6 is 34.8 Å². The summed E-state index contributed by atoms with van der Waals surface area (Å²) in [7, 11) is 0. The highest BCUT2D eigenvalue weighted by atomic mass is 35.5. The van der Waals surface area contributed by atoms with Crippen LogP contribution in [0.5, 0.6) is 0 Å². The summed E-state index contributed by atoms with van der Waals surface area (Å²) in [5.74, 6) is 0. The van der Waals surface area contributed by atoms with Crippen LogP contribution in [0, 0.1) is 0 Å². The summed E-state index contributed by atoms with van der Waals surface area (Å²) < 4.78 is 0. The first-order valence-electron chi connectivity index (χ1n) is 5.17. The number of aromatic nitrogens is 1. The van der Waals surface area contributed by atoms with Gasteiger partial charge in [-0.15, -0.1) is 0 Å². The van der Waals surface area contributed by atoms with E-state index in [9.17, 15) is 4.79 Å². The number of aromatic amines is 1. The van der Waals surface area contributed by atoms with Crippen LogP contribution in [0.2, 0.25) is 15.1 Å². The lowest BCUT2D eigenvalue weighted by Gasteiger charge is -2.06. The zero-order valence-corrected chi connectivity index (χ0v) is 11.2. The fraction of sp³-hybridized carbons (Fsp3) is 0. The van der Waals surface area contributed by atoms with Crippen molar-refractivity contribution < 1.29 is 0 Å². The van der Waals surface area contributed by atoms with Gasteiger partial charge in [0.15, 0.2) is 5.43 Å². The highest BCUT2D eigenvalue weighted by Crippen LogP contribution is 2.28. The molecule has 0 amide bonds. The van der Waals surface area contributed by atoms with Crippen LogP contribution in [0.4, 0.5) is 0 Å². The van der Waals surface area contributed by atoms with Crippen molar-refractivity contribution in [2.45, 2.75) is 0 Å². The third kappa shape index (κ3) is 1.69. The molecule has 0 fully saturated rings. The van der Waals surface area contributed by atoms with Gasteiger partial charge in [0.1, 0.15) is 0 Å². The molecular weight excluding hydrogens is 293 g/mol. The van der Waals surface area contributed by atoms with Gasteiger partial charge in [0.2, 0.25) is 0 Å². The minimum absolute atomic E-state index is 0.172. The molecule has 0 spiro atoms. The summed E-state index contributed by atoms with van der Waals surface area (Å²) >= 11 is 18.1. The first-order chi connectivity index (χ1) is 8.58. The zero-order valence-electron chi connectivity index (χ0n) is 8.93. The van der Waals surface area contributed by atoms with Crippen molar-refractivity contribution in [1.82, 2.24) is 4.98 Å². The molecule has 18 heavy (non-hydrogen) atoms. The van der Waals surface area contributed by atoms with Gasteiger partial charge in [0.25, 0.3) is 0 Å². The lowest BCUT2D eigenvalue weighted by atomic mass is 10.1. The molecule has 1 N–H and O–H groups in total. The van der Waals surface area contributed by atoms with Gasteiger partial charge in [0.05, 0.1) is 26.5 Å². The van der Waals surface area contributed by atoms with Gasteiger partial charge in [-0.2, -0.15) is 0 Å². The third-order valence-corrected chi connectivity index (χ3v) is 3.63. The Bertz CT molecular complexity index is 839. The summed E-state index contributed by atoms with van der Waals surface area (Å²) in [6, 6.07) is 8.42. The largest absolute Gasteiger partial charge is 0.353 e. The van der Waals surface area contributed by atoms with Gasteiger partial charge in [-0.05, 0) is 24.3 Å². The monoisotopic (exact) mass is 297 g/mol. The summed E-state index contributed by atoms with van der Waals surface area (Å²) in [5.41, 5.74) is 1.05. The molecule has 0 saturated heterocycles. The lowest BCUT2D eigenvalue weighted by Crippen LogP contribution is -2.05. The van der Waals surface area contributed by atoms with E-state index < -0.39 is 0 Å². The Balaban J connectivity index is 2.66. The second-order valence-corrected chi connectivity index (χ2v) is 5.18. The minimum atomic E-state index is -0.172. The van der Waals surface area contributed by atoms with Crippen molar-refractivity contribution in [3.63, 3.8) is 0 Å². The van der Waals surface area contributed by atoms with Crippen LogP contribution in [0.3, 0.4) is 0 Å². The maximum absolute atomic E-state index is 12.4. The van der Waals surface area contributed by atoms with Gasteiger partial charge in [-0.3, -0.25) is 4.79 Å². The van der Waals surface area contributed by atoms with Gasteiger partial charge < -0.3 is 4.98 Å². The number of pyridine rings is 1. The minimum Gasteiger partial charge on any atom is -0.353 e. The molecule has 0 aliphatic carbocycles. The van der Waals surface area contributed by atoms with E-state index in [0.717, 1.165) is 0 Å². The second kappa shape index (κ2) is 4.16. The second-order valence-electron chi connectivity index (χ2n) is 3.93. The Morgan fingerprint density at radius 3 is 2.56 bits per heavy atom. The maximum Gasteiger partial charge on any atom is 0.198 e. The molecule has 5 heteroatoms. The fourth-order valence-electron chi connectivity index (χ4n) is 2.01. The van der Waals surface area contributed by atoms with E-state index in [2.05, 4.69) is 4.98 Å². The van der Waals surface area contributed by atoms with Gasteiger partial charge in [0, 0.05) is 10.4 Å². The highest BCUT2D eigenvalue weighted by molar-refractivity contribution is 6.39. The Morgan fingerprint density at radius 1 is 1.00 bits per heavy atom. The molecule has 1 heterocycles. The van der Waals surface area contributed by atoms with E-state index in [1.54, 1.807) is 30.3 Å². The Kier molecular flexibility index (Phi) is 2.74. The summed E-state index contributed by atoms with van der Waals surface area (Å²) in [5, 5.41) is 2.13. The summed E-state index contributed by atoms with van der Waals surface area (Å²) in [6.45, 7) is 0. The van der Waals surface area contributed by atoms with Crippen LogP contribution in [0.25, 0.3) is 21.8 Å². The first-order valence-corrected chi connectivity index (χ1v) is 6.30. The van der Waals surface area contributed by atoms with E-state index in [0.29, 0.717) is 36.9 Å². The molecule has 0 radical (unpaired) electrons. The standard InChI is InChI=1S/C13H6Cl3NO/c14-6-4-7-12(9(16)5-6)17-10-3-1-2-8(15)11(10)13(7)18/h1-5H,(H,17,18). The molecule has 3 rings (SSSR count). The SMILES string of the molecule is O=c1c2cc(Cl)cc(Cl)c2[nH]c2cccc(Cl)c12. The number of rotatable bonds is 0. The van der Waals surface area contributed by atoms with Crippen molar-refractivity contribution in [3.8, 4) is 0 Å². The Hall–Kier alpha value is -1.22. The van der Waals surface area contributed by atoms with E-state index in [1.807, 2.05) is 0 Å². The molecule has 0 unspecified atom stereocenters. The molecule has 0 bridgehead atoms. The van der Waals surface area contributed by atoms with Crippen molar-refractivity contribution in [3.05, 3.63) is 55.6 Å². The molecule has 90 valence electrons. The molecule has 0 aliphatic heterocycles. The molecule has 1 aromatic heterocycles. The summed E-state index contributed by atoms with van der Waals surface area (Å²) in [6.07, 6.45) is 0. The van der Waals surface area contributed by atoms with E-state index in [-0.39, 0.29) is 5.43 Å². The van der Waals surface area contributed by atoms with Crippen LogP contribution < -0.4 is 5.43 Å². The van der Waals surface area contributed by atoms with Crippen LogP contribution in [-0.2, 0) is 0 Å². The van der Waals surface area contributed by atoms with Crippen molar-refractivity contribution in [2.75, 3.05) is 0 Å². The topological polar surface area (TPSA) is 32.9 Å². The van der Waals surface area contributed by atoms with Gasteiger partial charge >= 0.3 is 0 Å². The van der Waals surface area contributed by atoms with E-state index in [1.165, 1.54) is 0 Å². The highest BCUT2D eigenvalue weighted by Gasteiger charge is 2.11. The smallest absolute Gasteiger partial charge is 0.198 e. The van der Waals surface area contributed by atoms with E-state index in [4.69, 9.17) is 34.8 Å². The zero-order chi connectivity index (χ0) is 12.9. The van der Waals surface area contributed by atoms with E-state index >= 15 is 0 Å². The van der Waals surface area contributed by atoms with Crippen LogP contribution in [-0.4, -0.2) is 4.98 Å². The molecule has 0 aliphatic rings. The number of H-pyrrole nitrogens is 1. The number of benzene rings is 2. The predicted molar refractivity (Wildman–Crippen MR) is 77.1 cm³/mol. The molecule has 0 atom stereocenters.